The van der Waals surface area contributed by atoms with Crippen molar-refractivity contribution in [2.75, 3.05) is 0 Å². The fourth-order valence-corrected chi connectivity index (χ4v) is 4.54. The van der Waals surface area contributed by atoms with Gasteiger partial charge in [-0.05, 0) is 74.3 Å². The van der Waals surface area contributed by atoms with Crippen molar-refractivity contribution in [1.29, 1.82) is 0 Å². The molecule has 172 valence electrons. The summed E-state index contributed by atoms with van der Waals surface area (Å²) in [4.78, 5) is 0. The van der Waals surface area contributed by atoms with Gasteiger partial charge in [-0.15, -0.1) is 0 Å². The van der Waals surface area contributed by atoms with Crippen LogP contribution >= 0.6 is 0 Å². The molecule has 0 aromatic heterocycles. The van der Waals surface area contributed by atoms with E-state index in [1.807, 2.05) is 0 Å². The van der Waals surface area contributed by atoms with E-state index in [0.29, 0.717) is 0 Å². The van der Waals surface area contributed by atoms with Crippen LogP contribution in [0.4, 0.5) is 0 Å². The van der Waals surface area contributed by atoms with E-state index in [0.717, 1.165) is 12.8 Å². The summed E-state index contributed by atoms with van der Waals surface area (Å²) in [5.74, 6) is 0. The zero-order chi connectivity index (χ0) is 23.8. The van der Waals surface area contributed by atoms with Gasteiger partial charge in [0, 0.05) is 0 Å². The Balaban J connectivity index is 2.22. The standard InChI is InChI=1S/C31H48/c1-28(2,3)24-18-16-22(20-26(24)30(7,8)9)14-13-15-23-17-19-25(29(4,5)6)27(21-23)31(10,11)12/h16-21H,13-15H2,1-12H3. The first-order valence-electron chi connectivity index (χ1n) is 12.2. The van der Waals surface area contributed by atoms with Crippen molar-refractivity contribution >= 4 is 0 Å². The van der Waals surface area contributed by atoms with E-state index in [2.05, 4.69) is 119 Å². The second kappa shape index (κ2) is 8.76. The molecule has 0 unspecified atom stereocenters. The lowest BCUT2D eigenvalue weighted by molar-refractivity contribution is 0.528. The molecule has 2 aromatic rings. The number of benzene rings is 2. The molecule has 2 rings (SSSR count). The van der Waals surface area contributed by atoms with E-state index in [1.54, 1.807) is 0 Å². The highest BCUT2D eigenvalue weighted by molar-refractivity contribution is 5.42. The Labute approximate surface area is 193 Å². The molecule has 0 heterocycles. The average molecular weight is 421 g/mol. The minimum absolute atomic E-state index is 0.170. The fourth-order valence-electron chi connectivity index (χ4n) is 4.54. The number of hydrogen-bond acceptors (Lipinski definition) is 0. The first-order valence-corrected chi connectivity index (χ1v) is 12.2. The third-order valence-corrected chi connectivity index (χ3v) is 6.33. The lowest BCUT2D eigenvalue weighted by atomic mass is 9.74. The zero-order valence-electron chi connectivity index (χ0n) is 22.6. The van der Waals surface area contributed by atoms with Crippen LogP contribution in [-0.2, 0) is 34.5 Å². The molecule has 0 atom stereocenters. The molecule has 0 aliphatic heterocycles. The predicted octanol–water partition coefficient (Wildman–Crippen LogP) is 9.05. The smallest absolute Gasteiger partial charge is 0.0129 e. The Hall–Kier alpha value is -1.56. The molecule has 0 aliphatic rings. The molecule has 31 heavy (non-hydrogen) atoms. The highest BCUT2D eigenvalue weighted by atomic mass is 14.3. The van der Waals surface area contributed by atoms with Crippen molar-refractivity contribution in [2.45, 2.75) is 124 Å². The van der Waals surface area contributed by atoms with Crippen molar-refractivity contribution in [1.82, 2.24) is 0 Å². The highest BCUT2D eigenvalue weighted by Crippen LogP contribution is 2.36. The van der Waals surface area contributed by atoms with Crippen molar-refractivity contribution in [3.63, 3.8) is 0 Å². The van der Waals surface area contributed by atoms with Crippen LogP contribution in [0.15, 0.2) is 36.4 Å². The largest absolute Gasteiger partial charge is 0.0587 e. The molecule has 0 N–H and O–H groups in total. The lowest BCUT2D eigenvalue weighted by Gasteiger charge is -2.31. The van der Waals surface area contributed by atoms with Crippen molar-refractivity contribution in [2.24, 2.45) is 0 Å². The molecular weight excluding hydrogens is 372 g/mol. The summed E-state index contributed by atoms with van der Waals surface area (Å²) < 4.78 is 0. The van der Waals surface area contributed by atoms with E-state index in [-0.39, 0.29) is 21.7 Å². The molecule has 0 saturated carbocycles. The third-order valence-electron chi connectivity index (χ3n) is 6.33. The van der Waals surface area contributed by atoms with Crippen LogP contribution in [0.5, 0.6) is 0 Å². The maximum Gasteiger partial charge on any atom is -0.0129 e. The first kappa shape index (κ1) is 25.7. The minimum Gasteiger partial charge on any atom is -0.0587 e. The summed E-state index contributed by atoms with van der Waals surface area (Å²) in [6, 6.07) is 14.4. The number of rotatable bonds is 4. The predicted molar refractivity (Wildman–Crippen MR) is 140 cm³/mol. The third kappa shape index (κ3) is 6.71. The van der Waals surface area contributed by atoms with Gasteiger partial charge in [-0.3, -0.25) is 0 Å². The summed E-state index contributed by atoms with van der Waals surface area (Å²) >= 11 is 0. The molecule has 0 saturated heterocycles. The Bertz CT molecular complexity index is 808. The number of hydrogen-bond donors (Lipinski definition) is 0. The molecule has 0 nitrogen and oxygen atoms in total. The summed E-state index contributed by atoms with van der Waals surface area (Å²) in [7, 11) is 0. The number of aryl methyl sites for hydroxylation is 2. The van der Waals surface area contributed by atoms with Gasteiger partial charge in [-0.2, -0.15) is 0 Å². The Morgan fingerprint density at radius 2 is 0.710 bits per heavy atom. The van der Waals surface area contributed by atoms with Crippen molar-refractivity contribution in [3.05, 3.63) is 69.8 Å². The van der Waals surface area contributed by atoms with Crippen LogP contribution in [0.1, 0.15) is 123 Å². The summed E-state index contributed by atoms with van der Waals surface area (Å²) in [5, 5.41) is 0. The summed E-state index contributed by atoms with van der Waals surface area (Å²) in [6.45, 7) is 28.0. The Morgan fingerprint density at radius 3 is 0.968 bits per heavy atom. The van der Waals surface area contributed by atoms with Crippen LogP contribution in [0.25, 0.3) is 0 Å². The van der Waals surface area contributed by atoms with E-state index in [9.17, 15) is 0 Å². The van der Waals surface area contributed by atoms with Crippen LogP contribution < -0.4 is 0 Å². The van der Waals surface area contributed by atoms with Crippen LogP contribution in [0.2, 0.25) is 0 Å². The van der Waals surface area contributed by atoms with Gasteiger partial charge in [0.15, 0.2) is 0 Å². The van der Waals surface area contributed by atoms with Gasteiger partial charge >= 0.3 is 0 Å². The van der Waals surface area contributed by atoms with E-state index in [1.165, 1.54) is 39.8 Å². The van der Waals surface area contributed by atoms with Gasteiger partial charge in [0.1, 0.15) is 0 Å². The summed E-state index contributed by atoms with van der Waals surface area (Å²) in [5.41, 5.74) is 9.61. The van der Waals surface area contributed by atoms with E-state index < -0.39 is 0 Å². The molecule has 0 amide bonds. The van der Waals surface area contributed by atoms with Crippen LogP contribution in [-0.4, -0.2) is 0 Å². The molecule has 0 spiro atoms. The van der Waals surface area contributed by atoms with E-state index >= 15 is 0 Å². The van der Waals surface area contributed by atoms with Crippen molar-refractivity contribution < 1.29 is 0 Å². The quantitative estimate of drug-likeness (QED) is 0.462. The maximum atomic E-state index is 2.48. The average Bonchev–Trinajstić information content (AvgIpc) is 2.58. The van der Waals surface area contributed by atoms with Gasteiger partial charge in [-0.25, -0.2) is 0 Å². The van der Waals surface area contributed by atoms with Crippen molar-refractivity contribution in [3.8, 4) is 0 Å². The van der Waals surface area contributed by atoms with Gasteiger partial charge in [0.25, 0.3) is 0 Å². The SMILES string of the molecule is CC(C)(C)c1ccc(CCCc2ccc(C(C)(C)C)c(C(C)(C)C)c2)cc1C(C)(C)C. The lowest BCUT2D eigenvalue weighted by Crippen LogP contribution is -2.22. The van der Waals surface area contributed by atoms with Gasteiger partial charge in [0.05, 0.1) is 0 Å². The zero-order valence-corrected chi connectivity index (χ0v) is 22.6. The first-order chi connectivity index (χ1) is 13.9. The maximum absolute atomic E-state index is 2.48. The molecule has 0 aliphatic carbocycles. The van der Waals surface area contributed by atoms with Gasteiger partial charge in [0.2, 0.25) is 0 Å². The minimum atomic E-state index is 0.170. The van der Waals surface area contributed by atoms with E-state index in [4.69, 9.17) is 0 Å². The molecule has 0 heteroatoms. The van der Waals surface area contributed by atoms with Gasteiger partial charge in [-0.1, -0.05) is 119 Å². The molecule has 0 radical (unpaired) electrons. The Kier molecular flexibility index (Phi) is 7.26. The fraction of sp³-hybridized carbons (Fsp3) is 0.613. The highest BCUT2D eigenvalue weighted by Gasteiger charge is 2.26. The van der Waals surface area contributed by atoms with Crippen LogP contribution in [0, 0.1) is 0 Å². The molecule has 2 aromatic carbocycles. The molecule has 0 fully saturated rings. The monoisotopic (exact) mass is 420 g/mol. The second-order valence-electron chi connectivity index (χ2n) is 13.6. The Morgan fingerprint density at radius 1 is 0.419 bits per heavy atom. The normalized spacial score (nSPS) is 13.5. The molecule has 0 bridgehead atoms. The van der Waals surface area contributed by atoms with Gasteiger partial charge < -0.3 is 0 Å². The summed E-state index contributed by atoms with van der Waals surface area (Å²) in [6.07, 6.45) is 3.47. The molecular formula is C31H48. The van der Waals surface area contributed by atoms with Crippen LogP contribution in [0.3, 0.4) is 0 Å². The second-order valence-corrected chi connectivity index (χ2v) is 13.6. The topological polar surface area (TPSA) is 0 Å².